The molecule has 0 radical (unpaired) electrons. The Labute approximate surface area is 170 Å². The summed E-state index contributed by atoms with van der Waals surface area (Å²) in [6.07, 6.45) is 4.02. The van der Waals surface area contributed by atoms with Gasteiger partial charge in [0.15, 0.2) is 11.5 Å². The van der Waals surface area contributed by atoms with Crippen LogP contribution < -0.4 is 9.47 Å². The summed E-state index contributed by atoms with van der Waals surface area (Å²) in [6, 6.07) is 16.2. The highest BCUT2D eigenvalue weighted by molar-refractivity contribution is 5.94. The van der Waals surface area contributed by atoms with Gasteiger partial charge in [-0.25, -0.2) is 0 Å². The number of nitrogens with zero attached hydrogens (tertiary/aromatic N) is 1. The van der Waals surface area contributed by atoms with Crippen molar-refractivity contribution in [1.29, 1.82) is 0 Å². The highest BCUT2D eigenvalue weighted by Crippen LogP contribution is 2.51. The van der Waals surface area contributed by atoms with Crippen LogP contribution in [0, 0.1) is 13.8 Å². The second-order valence-corrected chi connectivity index (χ2v) is 8.06. The molecule has 5 rings (SSSR count). The zero-order valence-electron chi connectivity index (χ0n) is 16.7. The monoisotopic (exact) mass is 385 g/mol. The van der Waals surface area contributed by atoms with Crippen LogP contribution >= 0.6 is 0 Å². The van der Waals surface area contributed by atoms with Crippen LogP contribution in [0.2, 0.25) is 0 Å². The van der Waals surface area contributed by atoms with Gasteiger partial charge in [-0.15, -0.1) is 0 Å². The Morgan fingerprint density at radius 3 is 2.52 bits per heavy atom. The maximum Gasteiger partial charge on any atom is 0.231 e. The summed E-state index contributed by atoms with van der Waals surface area (Å²) in [5.74, 6) is 1.71. The summed E-state index contributed by atoms with van der Waals surface area (Å²) in [5.41, 5.74) is 6.14. The number of ketones is 1. The Morgan fingerprint density at radius 2 is 1.76 bits per heavy atom. The minimum Gasteiger partial charge on any atom is -0.454 e. The van der Waals surface area contributed by atoms with Gasteiger partial charge in [-0.3, -0.25) is 9.78 Å². The van der Waals surface area contributed by atoms with Gasteiger partial charge in [0.25, 0.3) is 0 Å². The van der Waals surface area contributed by atoms with E-state index in [9.17, 15) is 4.79 Å². The molecule has 146 valence electrons. The van der Waals surface area contributed by atoms with Crippen LogP contribution in [-0.4, -0.2) is 17.6 Å². The van der Waals surface area contributed by atoms with E-state index in [0.29, 0.717) is 6.42 Å². The number of pyridine rings is 1. The molecule has 0 bridgehead atoms. The minimum atomic E-state index is -0.398. The molecule has 0 amide bonds. The van der Waals surface area contributed by atoms with E-state index in [1.165, 1.54) is 11.1 Å². The summed E-state index contributed by atoms with van der Waals surface area (Å²) in [5, 5.41) is 0. The van der Waals surface area contributed by atoms with E-state index >= 15 is 0 Å². The lowest BCUT2D eigenvalue weighted by molar-refractivity contribution is -0.120. The highest BCUT2D eigenvalue weighted by atomic mass is 16.7. The molecule has 1 fully saturated rings. The first-order chi connectivity index (χ1) is 14.1. The molecule has 1 aliphatic carbocycles. The molecular formula is C25H23NO3. The van der Waals surface area contributed by atoms with Crippen molar-refractivity contribution in [3.63, 3.8) is 0 Å². The van der Waals surface area contributed by atoms with Crippen molar-refractivity contribution < 1.29 is 14.3 Å². The van der Waals surface area contributed by atoms with Crippen LogP contribution in [-0.2, 0) is 16.6 Å². The van der Waals surface area contributed by atoms with Gasteiger partial charge < -0.3 is 9.47 Å². The van der Waals surface area contributed by atoms with Gasteiger partial charge in [-0.1, -0.05) is 30.3 Å². The Morgan fingerprint density at radius 1 is 0.966 bits per heavy atom. The first-order valence-corrected chi connectivity index (χ1v) is 10.0. The zero-order chi connectivity index (χ0) is 20.0. The Kier molecular flexibility index (Phi) is 4.16. The Hall–Kier alpha value is -3.14. The lowest BCUT2D eigenvalue weighted by Crippen LogP contribution is -2.23. The number of carbonyl (C=O) groups excluding carboxylic acids is 1. The third-order valence-corrected chi connectivity index (χ3v) is 6.15. The summed E-state index contributed by atoms with van der Waals surface area (Å²) >= 11 is 0. The summed E-state index contributed by atoms with van der Waals surface area (Å²) in [6.45, 7) is 4.44. The fraction of sp³-hybridized carbons (Fsp3) is 0.280. The summed E-state index contributed by atoms with van der Waals surface area (Å²) < 4.78 is 10.9. The molecule has 2 aliphatic rings. The number of carbonyl (C=O) groups is 1. The number of aryl methyl sites for hydroxylation is 2. The van der Waals surface area contributed by atoms with Crippen molar-refractivity contribution in [2.45, 2.75) is 38.5 Å². The van der Waals surface area contributed by atoms with E-state index < -0.39 is 5.41 Å². The summed E-state index contributed by atoms with van der Waals surface area (Å²) in [7, 11) is 0. The number of rotatable bonds is 5. The second-order valence-electron chi connectivity index (χ2n) is 8.06. The molecule has 0 unspecified atom stereocenters. The topological polar surface area (TPSA) is 48.4 Å². The normalized spacial score (nSPS) is 15.9. The number of aromatic nitrogens is 1. The van der Waals surface area contributed by atoms with Gasteiger partial charge in [0.2, 0.25) is 6.79 Å². The number of ether oxygens (including phenoxy) is 2. The molecule has 0 saturated heterocycles. The minimum absolute atomic E-state index is 0.229. The third kappa shape index (κ3) is 3.09. The van der Waals surface area contributed by atoms with Crippen molar-refractivity contribution in [1.82, 2.24) is 4.98 Å². The number of benzene rings is 2. The largest absolute Gasteiger partial charge is 0.454 e. The number of Topliss-reactive ketones (excluding diaryl/α,β-unsaturated/α-hetero) is 1. The predicted molar refractivity (Wildman–Crippen MR) is 111 cm³/mol. The first-order valence-electron chi connectivity index (χ1n) is 10.0. The lowest BCUT2D eigenvalue weighted by Gasteiger charge is -2.16. The molecule has 4 heteroatoms. The van der Waals surface area contributed by atoms with Gasteiger partial charge >= 0.3 is 0 Å². The van der Waals surface area contributed by atoms with Crippen LogP contribution in [0.3, 0.4) is 0 Å². The number of hydrogen-bond acceptors (Lipinski definition) is 4. The molecule has 2 aromatic carbocycles. The van der Waals surface area contributed by atoms with E-state index in [1.807, 2.05) is 36.5 Å². The number of hydrogen-bond donors (Lipinski definition) is 0. The molecule has 1 aromatic heterocycles. The SMILES string of the molecule is Cc1ccccc1-c1cnc(CC(=O)C2(c3ccc4c(c3)OCO4)CC2)cc1C. The van der Waals surface area contributed by atoms with Gasteiger partial charge in [-0.05, 0) is 67.1 Å². The van der Waals surface area contributed by atoms with Crippen LogP contribution in [0.4, 0.5) is 0 Å². The molecule has 4 nitrogen and oxygen atoms in total. The number of fused-ring (bicyclic) bond motifs is 1. The van der Waals surface area contributed by atoms with Crippen molar-refractivity contribution >= 4 is 5.78 Å². The lowest BCUT2D eigenvalue weighted by atomic mass is 9.88. The smallest absolute Gasteiger partial charge is 0.231 e. The predicted octanol–water partition coefficient (Wildman–Crippen LogP) is 4.94. The van der Waals surface area contributed by atoms with Gasteiger partial charge in [0, 0.05) is 23.9 Å². The van der Waals surface area contributed by atoms with Crippen molar-refractivity contribution in [2.24, 2.45) is 0 Å². The molecular weight excluding hydrogens is 362 g/mol. The molecule has 1 saturated carbocycles. The van der Waals surface area contributed by atoms with E-state index in [1.54, 1.807) is 0 Å². The maximum atomic E-state index is 13.2. The Balaban J connectivity index is 1.38. The molecule has 0 atom stereocenters. The van der Waals surface area contributed by atoms with E-state index in [2.05, 4.69) is 37.0 Å². The van der Waals surface area contributed by atoms with E-state index in [4.69, 9.17) is 9.47 Å². The molecule has 2 heterocycles. The standard InChI is InChI=1S/C25H23NO3/c1-16-5-3-4-6-20(16)21-14-26-19(11-17(21)2)13-24(27)25(9-10-25)18-7-8-22-23(12-18)29-15-28-22/h3-8,11-12,14H,9-10,13,15H2,1-2H3. The fourth-order valence-electron chi connectivity index (χ4n) is 4.25. The average Bonchev–Trinajstić information content (AvgIpc) is 3.40. The second kappa shape index (κ2) is 6.73. The van der Waals surface area contributed by atoms with Crippen molar-refractivity contribution in [3.05, 3.63) is 77.1 Å². The van der Waals surface area contributed by atoms with E-state index in [0.717, 1.165) is 46.7 Å². The molecule has 3 aromatic rings. The quantitative estimate of drug-likeness (QED) is 0.624. The van der Waals surface area contributed by atoms with E-state index in [-0.39, 0.29) is 12.6 Å². The van der Waals surface area contributed by atoms with Gasteiger partial charge in [0.1, 0.15) is 5.78 Å². The van der Waals surface area contributed by atoms with Gasteiger partial charge in [-0.2, -0.15) is 0 Å². The molecule has 1 aliphatic heterocycles. The van der Waals surface area contributed by atoms with Crippen LogP contribution in [0.15, 0.2) is 54.7 Å². The highest BCUT2D eigenvalue weighted by Gasteiger charge is 2.50. The van der Waals surface area contributed by atoms with Crippen LogP contribution in [0.5, 0.6) is 11.5 Å². The average molecular weight is 385 g/mol. The third-order valence-electron chi connectivity index (χ3n) is 6.15. The molecule has 0 N–H and O–H groups in total. The zero-order valence-corrected chi connectivity index (χ0v) is 16.7. The molecule has 0 spiro atoms. The van der Waals surface area contributed by atoms with Crippen molar-refractivity contribution in [3.8, 4) is 22.6 Å². The maximum absolute atomic E-state index is 13.2. The Bertz CT molecular complexity index is 1110. The summed E-state index contributed by atoms with van der Waals surface area (Å²) in [4.78, 5) is 17.8. The van der Waals surface area contributed by atoms with Crippen LogP contribution in [0.25, 0.3) is 11.1 Å². The first kappa shape index (κ1) is 17.9. The van der Waals surface area contributed by atoms with Gasteiger partial charge in [0.05, 0.1) is 5.41 Å². The fourth-order valence-corrected chi connectivity index (χ4v) is 4.25. The van der Waals surface area contributed by atoms with Crippen molar-refractivity contribution in [2.75, 3.05) is 6.79 Å². The van der Waals surface area contributed by atoms with Crippen LogP contribution in [0.1, 0.15) is 35.2 Å². The molecule has 29 heavy (non-hydrogen) atoms.